The average molecular weight is 398 g/mol. The van der Waals surface area contributed by atoms with Gasteiger partial charge in [-0.05, 0) is 64.2 Å². The highest BCUT2D eigenvalue weighted by atomic mass is 16.7. The molecule has 1 atom stereocenters. The van der Waals surface area contributed by atoms with E-state index < -0.39 is 0 Å². The van der Waals surface area contributed by atoms with Crippen molar-refractivity contribution in [3.05, 3.63) is 29.3 Å². The zero-order valence-corrected chi connectivity index (χ0v) is 19.4. The van der Waals surface area contributed by atoms with Gasteiger partial charge in [-0.25, -0.2) is 0 Å². The van der Waals surface area contributed by atoms with Gasteiger partial charge in [0.05, 0.1) is 16.9 Å². The van der Waals surface area contributed by atoms with Crippen molar-refractivity contribution in [1.29, 1.82) is 0 Å². The van der Waals surface area contributed by atoms with Crippen LogP contribution in [0.3, 0.4) is 0 Å². The van der Waals surface area contributed by atoms with E-state index in [-0.39, 0.29) is 42.0 Å². The largest absolute Gasteiger partial charge is 0.465 e. The van der Waals surface area contributed by atoms with Gasteiger partial charge in [-0.15, -0.1) is 0 Å². The Bertz CT molecular complexity index is 823. The Labute approximate surface area is 176 Å². The Morgan fingerprint density at radius 2 is 1.76 bits per heavy atom. The molecule has 1 aromatic carbocycles. The molecule has 3 rings (SSSR count). The third-order valence-corrected chi connectivity index (χ3v) is 6.46. The van der Waals surface area contributed by atoms with Crippen LogP contribution in [-0.4, -0.2) is 43.5 Å². The second-order valence-corrected chi connectivity index (χ2v) is 10.6. The van der Waals surface area contributed by atoms with Crippen LogP contribution < -0.4 is 4.90 Å². The molecule has 1 saturated heterocycles. The van der Waals surface area contributed by atoms with E-state index in [1.54, 1.807) is 4.90 Å². The summed E-state index contributed by atoms with van der Waals surface area (Å²) in [5, 5.41) is 0. The van der Waals surface area contributed by atoms with E-state index in [1.165, 1.54) is 0 Å². The molecule has 29 heavy (non-hydrogen) atoms. The van der Waals surface area contributed by atoms with E-state index in [4.69, 9.17) is 9.31 Å². The molecule has 0 aliphatic carbocycles. The van der Waals surface area contributed by atoms with Crippen molar-refractivity contribution in [2.24, 2.45) is 10.4 Å². The Balaban J connectivity index is 2.05. The number of hydrogen-bond acceptors (Lipinski definition) is 4. The molecule has 6 heteroatoms. The summed E-state index contributed by atoms with van der Waals surface area (Å²) in [6, 6.07) is 6.32. The summed E-state index contributed by atoms with van der Waals surface area (Å²) in [6.45, 7) is 17.3. The molecule has 0 aromatic heterocycles. The third-order valence-electron chi connectivity index (χ3n) is 6.46. The Morgan fingerprint density at radius 1 is 1.17 bits per heavy atom. The van der Waals surface area contributed by atoms with Crippen LogP contribution in [0.15, 0.2) is 23.2 Å². The molecular weight excluding hydrogens is 363 g/mol. The van der Waals surface area contributed by atoms with Crippen molar-refractivity contribution >= 4 is 24.4 Å². The highest BCUT2D eigenvalue weighted by Gasteiger charge is 2.54. The lowest BCUT2D eigenvalue weighted by Crippen LogP contribution is -2.41. The lowest BCUT2D eigenvalue weighted by Gasteiger charge is -2.32. The molecule has 0 saturated carbocycles. The van der Waals surface area contributed by atoms with Crippen LogP contribution in [0.2, 0.25) is 0 Å². The van der Waals surface area contributed by atoms with Crippen LogP contribution in [0.25, 0.3) is 0 Å². The number of nitrogens with zero attached hydrogens (tertiary/aromatic N) is 2. The number of hydrogen-bond donors (Lipinski definition) is 0. The van der Waals surface area contributed by atoms with Crippen LogP contribution in [0, 0.1) is 5.41 Å². The quantitative estimate of drug-likeness (QED) is 0.698. The molecule has 1 amide bonds. The van der Waals surface area contributed by atoms with Gasteiger partial charge in [0.1, 0.15) is 6.54 Å². The normalized spacial score (nSPS) is 22.2. The fraction of sp³-hybridized carbons (Fsp3) is 0.652. The van der Waals surface area contributed by atoms with Crippen LogP contribution in [-0.2, 0) is 14.1 Å². The Kier molecular flexibility index (Phi) is 5.50. The number of carbonyl (C=O) groups is 1. The Morgan fingerprint density at radius 3 is 2.31 bits per heavy atom. The summed E-state index contributed by atoms with van der Waals surface area (Å²) in [5.74, 6) is 0.0893. The molecule has 0 bridgehead atoms. The SMILES string of the molecule is CC1=NCC(=O)N(C)c2ccc(C(CC(C)(C)C)B3OC(C)(C)C(C)(C)O3)cc21. The second-order valence-electron chi connectivity index (χ2n) is 10.6. The molecule has 0 spiro atoms. The molecule has 2 heterocycles. The van der Waals surface area contributed by atoms with Crippen molar-refractivity contribution in [2.75, 3.05) is 18.5 Å². The van der Waals surface area contributed by atoms with Gasteiger partial charge in [0.2, 0.25) is 5.91 Å². The average Bonchev–Trinajstić information content (AvgIpc) is 2.76. The van der Waals surface area contributed by atoms with Gasteiger partial charge in [0, 0.05) is 24.1 Å². The highest BCUT2D eigenvalue weighted by Crippen LogP contribution is 2.44. The van der Waals surface area contributed by atoms with Crippen molar-refractivity contribution in [3.63, 3.8) is 0 Å². The van der Waals surface area contributed by atoms with E-state index in [2.05, 4.69) is 65.6 Å². The number of rotatable bonds is 3. The zero-order chi connectivity index (χ0) is 21.8. The fourth-order valence-electron chi connectivity index (χ4n) is 3.96. The summed E-state index contributed by atoms with van der Waals surface area (Å²) in [6.07, 6.45) is 0.924. The Hall–Kier alpha value is -1.66. The lowest BCUT2D eigenvalue weighted by molar-refractivity contribution is -0.116. The minimum atomic E-state index is -0.372. The van der Waals surface area contributed by atoms with Gasteiger partial charge in [0.25, 0.3) is 0 Å². The first-order chi connectivity index (χ1) is 13.2. The predicted molar refractivity (Wildman–Crippen MR) is 120 cm³/mol. The first-order valence-electron chi connectivity index (χ1n) is 10.5. The van der Waals surface area contributed by atoms with Crippen molar-refractivity contribution in [2.45, 2.75) is 78.8 Å². The molecule has 2 aliphatic heterocycles. The molecule has 1 fully saturated rings. The zero-order valence-electron chi connectivity index (χ0n) is 19.4. The van der Waals surface area contributed by atoms with Crippen LogP contribution in [0.4, 0.5) is 5.69 Å². The van der Waals surface area contributed by atoms with Gasteiger partial charge in [-0.3, -0.25) is 9.79 Å². The lowest BCUT2D eigenvalue weighted by atomic mass is 9.62. The number of anilines is 1. The first-order valence-corrected chi connectivity index (χ1v) is 10.5. The minimum absolute atomic E-state index is 0.00745. The summed E-state index contributed by atoms with van der Waals surface area (Å²) in [7, 11) is 1.50. The number of carbonyl (C=O) groups excluding carboxylic acids is 1. The van der Waals surface area contributed by atoms with E-state index in [0.717, 1.165) is 28.9 Å². The van der Waals surface area contributed by atoms with Gasteiger partial charge in [-0.1, -0.05) is 26.8 Å². The number of amides is 1. The standard InChI is InChI=1S/C23H35BN2O3/c1-15-17-12-16(10-11-19(17)26(9)20(27)14-25-15)18(13-21(2,3)4)24-28-22(5,6)23(7,8)29-24/h10-12,18H,13-14H2,1-9H3. The number of benzodiazepines with no additional fused rings is 1. The molecule has 1 unspecified atom stereocenters. The number of likely N-dealkylation sites (N-methyl/N-ethyl adjacent to an activating group) is 1. The van der Waals surface area contributed by atoms with Gasteiger partial charge < -0.3 is 14.2 Å². The van der Waals surface area contributed by atoms with E-state index in [1.807, 2.05) is 20.0 Å². The number of fused-ring (bicyclic) bond motifs is 1. The summed E-state index contributed by atoms with van der Waals surface area (Å²) < 4.78 is 12.9. The molecule has 158 valence electrons. The number of aliphatic imine (C=N–C) groups is 1. The predicted octanol–water partition coefficient (Wildman–Crippen LogP) is 4.62. The molecule has 2 aliphatic rings. The molecule has 0 radical (unpaired) electrons. The van der Waals surface area contributed by atoms with E-state index >= 15 is 0 Å². The minimum Gasteiger partial charge on any atom is -0.403 e. The van der Waals surface area contributed by atoms with Crippen molar-refractivity contribution in [1.82, 2.24) is 0 Å². The van der Waals surface area contributed by atoms with E-state index in [9.17, 15) is 4.79 Å². The van der Waals surface area contributed by atoms with Crippen LogP contribution in [0.5, 0.6) is 0 Å². The monoisotopic (exact) mass is 398 g/mol. The second kappa shape index (κ2) is 7.24. The molecule has 1 aromatic rings. The first kappa shape index (κ1) is 22.0. The third kappa shape index (κ3) is 4.29. The van der Waals surface area contributed by atoms with Crippen molar-refractivity contribution < 1.29 is 14.1 Å². The highest BCUT2D eigenvalue weighted by molar-refractivity contribution is 6.47. The summed E-state index contributed by atoms with van der Waals surface area (Å²) in [5.41, 5.74) is 3.33. The summed E-state index contributed by atoms with van der Waals surface area (Å²) >= 11 is 0. The number of benzene rings is 1. The maximum absolute atomic E-state index is 12.3. The van der Waals surface area contributed by atoms with Gasteiger partial charge in [0.15, 0.2) is 0 Å². The molecule has 0 N–H and O–H groups in total. The maximum atomic E-state index is 12.3. The fourth-order valence-corrected chi connectivity index (χ4v) is 3.96. The summed E-state index contributed by atoms with van der Waals surface area (Å²) in [4.78, 5) is 18.4. The smallest absolute Gasteiger partial charge is 0.403 e. The van der Waals surface area contributed by atoms with Crippen LogP contribution >= 0.6 is 0 Å². The molecular formula is C23H35BN2O3. The molecule has 5 nitrogen and oxygen atoms in total. The van der Waals surface area contributed by atoms with Gasteiger partial charge >= 0.3 is 7.12 Å². The maximum Gasteiger partial charge on any atom is 0.465 e. The van der Waals surface area contributed by atoms with E-state index in [0.29, 0.717) is 0 Å². The van der Waals surface area contributed by atoms with Crippen molar-refractivity contribution in [3.8, 4) is 0 Å². The topological polar surface area (TPSA) is 51.1 Å². The van der Waals surface area contributed by atoms with Crippen LogP contribution in [0.1, 0.15) is 78.8 Å². The van der Waals surface area contributed by atoms with Gasteiger partial charge in [-0.2, -0.15) is 0 Å².